The molecule has 1 aromatic carbocycles. The molecule has 1 atom stereocenters. The maximum atomic E-state index is 13.2. The Bertz CT molecular complexity index is 354. The summed E-state index contributed by atoms with van der Waals surface area (Å²) in [5, 5.41) is 9.78. The Morgan fingerprint density at radius 1 is 1.35 bits per heavy atom. The van der Waals surface area contributed by atoms with Crippen LogP contribution in [-0.2, 0) is 0 Å². The molecule has 96 valence electrons. The van der Waals surface area contributed by atoms with E-state index in [2.05, 4.69) is 18.7 Å². The monoisotopic (exact) mass is 239 g/mol. The zero-order chi connectivity index (χ0) is 12.8. The van der Waals surface area contributed by atoms with Crippen molar-refractivity contribution in [3.05, 3.63) is 29.6 Å². The largest absolute Gasteiger partial charge is 0.508 e. The number of rotatable bonds is 6. The first-order valence-electron chi connectivity index (χ1n) is 6.32. The van der Waals surface area contributed by atoms with Crippen LogP contribution in [0.3, 0.4) is 0 Å². The van der Waals surface area contributed by atoms with Crippen LogP contribution in [0.4, 0.5) is 4.39 Å². The lowest BCUT2D eigenvalue weighted by Gasteiger charge is -2.28. The highest BCUT2D eigenvalue weighted by Crippen LogP contribution is 2.29. The van der Waals surface area contributed by atoms with Crippen LogP contribution >= 0.6 is 0 Å². The van der Waals surface area contributed by atoms with E-state index in [4.69, 9.17) is 0 Å². The van der Waals surface area contributed by atoms with Gasteiger partial charge in [0, 0.05) is 11.6 Å². The fourth-order valence-electron chi connectivity index (χ4n) is 2.04. The molecular weight excluding hydrogens is 217 g/mol. The SMILES string of the molecule is CCCCN(CC)C(C)c1cc(F)ccc1O. The van der Waals surface area contributed by atoms with Gasteiger partial charge >= 0.3 is 0 Å². The molecule has 0 fully saturated rings. The maximum absolute atomic E-state index is 13.2. The smallest absolute Gasteiger partial charge is 0.123 e. The Morgan fingerprint density at radius 3 is 2.65 bits per heavy atom. The van der Waals surface area contributed by atoms with E-state index in [9.17, 15) is 9.50 Å². The summed E-state index contributed by atoms with van der Waals surface area (Å²) >= 11 is 0. The molecule has 0 spiro atoms. The fraction of sp³-hybridized carbons (Fsp3) is 0.571. The average Bonchev–Trinajstić information content (AvgIpc) is 2.33. The molecule has 17 heavy (non-hydrogen) atoms. The number of unbranched alkanes of at least 4 members (excludes halogenated alkanes) is 1. The third kappa shape index (κ3) is 3.70. The number of halogens is 1. The molecule has 0 radical (unpaired) electrons. The Balaban J connectivity index is 2.85. The van der Waals surface area contributed by atoms with Gasteiger partial charge in [-0.05, 0) is 44.6 Å². The molecule has 0 aliphatic carbocycles. The molecule has 1 aromatic rings. The third-order valence-corrected chi connectivity index (χ3v) is 3.19. The van der Waals surface area contributed by atoms with Gasteiger partial charge in [0.05, 0.1) is 0 Å². The minimum absolute atomic E-state index is 0.0437. The van der Waals surface area contributed by atoms with Crippen LogP contribution in [0, 0.1) is 5.82 Å². The quantitative estimate of drug-likeness (QED) is 0.818. The van der Waals surface area contributed by atoms with E-state index in [1.165, 1.54) is 18.2 Å². The van der Waals surface area contributed by atoms with Crippen molar-refractivity contribution in [1.82, 2.24) is 4.90 Å². The normalized spacial score (nSPS) is 13.0. The molecule has 0 aromatic heterocycles. The molecule has 0 amide bonds. The van der Waals surface area contributed by atoms with Crippen LogP contribution in [-0.4, -0.2) is 23.1 Å². The van der Waals surface area contributed by atoms with E-state index >= 15 is 0 Å². The highest BCUT2D eigenvalue weighted by Gasteiger charge is 2.17. The zero-order valence-corrected chi connectivity index (χ0v) is 10.9. The van der Waals surface area contributed by atoms with Crippen LogP contribution in [0.5, 0.6) is 5.75 Å². The van der Waals surface area contributed by atoms with Crippen LogP contribution < -0.4 is 0 Å². The van der Waals surface area contributed by atoms with Gasteiger partial charge in [0.15, 0.2) is 0 Å². The van der Waals surface area contributed by atoms with Crippen molar-refractivity contribution in [2.75, 3.05) is 13.1 Å². The van der Waals surface area contributed by atoms with Gasteiger partial charge in [-0.1, -0.05) is 20.3 Å². The third-order valence-electron chi connectivity index (χ3n) is 3.19. The molecule has 0 saturated heterocycles. The molecule has 0 bridgehead atoms. The standard InChI is InChI=1S/C14H22FNO/c1-4-6-9-16(5-2)11(3)13-10-12(15)7-8-14(13)17/h7-8,10-11,17H,4-6,9H2,1-3H3. The summed E-state index contributed by atoms with van der Waals surface area (Å²) in [5.74, 6) is -0.120. The van der Waals surface area contributed by atoms with Crippen molar-refractivity contribution < 1.29 is 9.50 Å². The molecule has 1 rings (SSSR count). The van der Waals surface area contributed by atoms with E-state index in [-0.39, 0.29) is 17.6 Å². The predicted octanol–water partition coefficient (Wildman–Crippen LogP) is 3.71. The van der Waals surface area contributed by atoms with Gasteiger partial charge in [-0.2, -0.15) is 0 Å². The average molecular weight is 239 g/mol. The molecule has 0 heterocycles. The van der Waals surface area contributed by atoms with E-state index in [1.807, 2.05) is 6.92 Å². The summed E-state index contributed by atoms with van der Waals surface area (Å²) < 4.78 is 13.2. The van der Waals surface area contributed by atoms with Gasteiger partial charge in [0.25, 0.3) is 0 Å². The summed E-state index contributed by atoms with van der Waals surface area (Å²) in [5.41, 5.74) is 0.669. The van der Waals surface area contributed by atoms with E-state index in [0.29, 0.717) is 5.56 Å². The van der Waals surface area contributed by atoms with Gasteiger partial charge in [0.2, 0.25) is 0 Å². The second kappa shape index (κ2) is 6.60. The summed E-state index contributed by atoms with van der Waals surface area (Å²) in [4.78, 5) is 2.25. The van der Waals surface area contributed by atoms with Gasteiger partial charge in [-0.3, -0.25) is 4.90 Å². The first-order valence-corrected chi connectivity index (χ1v) is 6.32. The number of hydrogen-bond donors (Lipinski definition) is 1. The lowest BCUT2D eigenvalue weighted by Crippen LogP contribution is -2.28. The predicted molar refractivity (Wildman–Crippen MR) is 68.6 cm³/mol. The van der Waals surface area contributed by atoms with Crippen molar-refractivity contribution in [3.8, 4) is 5.75 Å². The zero-order valence-electron chi connectivity index (χ0n) is 10.9. The van der Waals surface area contributed by atoms with Crippen molar-refractivity contribution in [2.45, 2.75) is 39.7 Å². The minimum Gasteiger partial charge on any atom is -0.508 e. The molecular formula is C14H22FNO. The lowest BCUT2D eigenvalue weighted by molar-refractivity contribution is 0.214. The molecule has 0 saturated carbocycles. The Hall–Kier alpha value is -1.09. The van der Waals surface area contributed by atoms with E-state index in [1.54, 1.807) is 0 Å². The van der Waals surface area contributed by atoms with E-state index < -0.39 is 0 Å². The van der Waals surface area contributed by atoms with Crippen molar-refractivity contribution in [3.63, 3.8) is 0 Å². The Morgan fingerprint density at radius 2 is 2.06 bits per heavy atom. The highest BCUT2D eigenvalue weighted by atomic mass is 19.1. The number of aromatic hydroxyl groups is 1. The van der Waals surface area contributed by atoms with Crippen LogP contribution in [0.25, 0.3) is 0 Å². The Kier molecular flexibility index (Phi) is 5.42. The van der Waals surface area contributed by atoms with Gasteiger partial charge in [-0.15, -0.1) is 0 Å². The first kappa shape index (κ1) is 14.0. The van der Waals surface area contributed by atoms with Crippen molar-refractivity contribution in [1.29, 1.82) is 0 Å². The number of phenolic OH excluding ortho intramolecular Hbond substituents is 1. The number of benzene rings is 1. The topological polar surface area (TPSA) is 23.5 Å². The molecule has 2 nitrogen and oxygen atoms in total. The highest BCUT2D eigenvalue weighted by molar-refractivity contribution is 5.34. The Labute approximate surface area is 103 Å². The summed E-state index contributed by atoms with van der Waals surface area (Å²) in [6.45, 7) is 8.12. The summed E-state index contributed by atoms with van der Waals surface area (Å²) in [7, 11) is 0. The molecule has 3 heteroatoms. The van der Waals surface area contributed by atoms with Crippen molar-refractivity contribution >= 4 is 0 Å². The minimum atomic E-state index is -0.295. The fourth-order valence-corrected chi connectivity index (χ4v) is 2.04. The van der Waals surface area contributed by atoms with Gasteiger partial charge in [0.1, 0.15) is 11.6 Å². The summed E-state index contributed by atoms with van der Waals surface area (Å²) in [6, 6.07) is 4.18. The van der Waals surface area contributed by atoms with Crippen LogP contribution in [0.2, 0.25) is 0 Å². The maximum Gasteiger partial charge on any atom is 0.123 e. The first-order chi connectivity index (χ1) is 8.10. The van der Waals surface area contributed by atoms with E-state index in [0.717, 1.165) is 25.9 Å². The lowest BCUT2D eigenvalue weighted by atomic mass is 10.0. The number of phenols is 1. The van der Waals surface area contributed by atoms with Gasteiger partial charge < -0.3 is 5.11 Å². The van der Waals surface area contributed by atoms with Crippen LogP contribution in [0.1, 0.15) is 45.2 Å². The van der Waals surface area contributed by atoms with Gasteiger partial charge in [-0.25, -0.2) is 4.39 Å². The molecule has 0 aliphatic heterocycles. The number of hydrogen-bond acceptors (Lipinski definition) is 2. The molecule has 1 unspecified atom stereocenters. The number of nitrogens with zero attached hydrogens (tertiary/aromatic N) is 1. The molecule has 0 aliphatic rings. The van der Waals surface area contributed by atoms with Crippen LogP contribution in [0.15, 0.2) is 18.2 Å². The second-order valence-electron chi connectivity index (χ2n) is 4.36. The second-order valence-corrected chi connectivity index (χ2v) is 4.36. The van der Waals surface area contributed by atoms with Crippen molar-refractivity contribution in [2.24, 2.45) is 0 Å². The molecule has 1 N–H and O–H groups in total. The summed E-state index contributed by atoms with van der Waals surface area (Å²) in [6.07, 6.45) is 2.26.